The van der Waals surface area contributed by atoms with Gasteiger partial charge in [-0.3, -0.25) is 4.79 Å². The second-order valence-corrected chi connectivity index (χ2v) is 3.55. The average molecular weight is 222 g/mol. The highest BCUT2D eigenvalue weighted by molar-refractivity contribution is 5.74. The third-order valence-corrected chi connectivity index (χ3v) is 2.37. The zero-order valence-electron chi connectivity index (χ0n) is 9.69. The monoisotopic (exact) mass is 222 g/mol. The van der Waals surface area contributed by atoms with Crippen LogP contribution in [-0.2, 0) is 4.79 Å². The molecular formula is C12H18N2O2. The molecule has 1 atom stereocenters. The summed E-state index contributed by atoms with van der Waals surface area (Å²) in [4.78, 5) is 10.9. The summed E-state index contributed by atoms with van der Waals surface area (Å²) >= 11 is 0. The summed E-state index contributed by atoms with van der Waals surface area (Å²) in [6.45, 7) is 2.79. The van der Waals surface area contributed by atoms with Gasteiger partial charge in [0.05, 0.1) is 7.11 Å². The van der Waals surface area contributed by atoms with E-state index in [9.17, 15) is 4.79 Å². The third-order valence-electron chi connectivity index (χ3n) is 2.37. The number of methoxy groups -OCH3 is 1. The lowest BCUT2D eigenvalue weighted by molar-refractivity contribution is -0.118. The molecule has 0 saturated heterocycles. The Morgan fingerprint density at radius 2 is 2.06 bits per heavy atom. The van der Waals surface area contributed by atoms with Crippen LogP contribution in [0.1, 0.15) is 24.9 Å². The van der Waals surface area contributed by atoms with E-state index < -0.39 is 0 Å². The molecule has 1 aromatic carbocycles. The highest BCUT2D eigenvalue weighted by Crippen LogP contribution is 2.19. The fraction of sp³-hybridized carbons (Fsp3) is 0.417. The van der Waals surface area contributed by atoms with Crippen LogP contribution in [0.25, 0.3) is 0 Å². The number of nitrogens with one attached hydrogen (secondary N) is 1. The molecule has 16 heavy (non-hydrogen) atoms. The molecule has 1 amide bonds. The first-order valence-electron chi connectivity index (χ1n) is 5.33. The first kappa shape index (κ1) is 12.5. The van der Waals surface area contributed by atoms with E-state index in [4.69, 9.17) is 10.5 Å². The Hall–Kier alpha value is -1.55. The molecule has 0 aliphatic heterocycles. The van der Waals surface area contributed by atoms with Crippen molar-refractivity contribution in [3.05, 3.63) is 29.8 Å². The predicted molar refractivity (Wildman–Crippen MR) is 63.2 cm³/mol. The van der Waals surface area contributed by atoms with Gasteiger partial charge in [0.2, 0.25) is 5.91 Å². The van der Waals surface area contributed by atoms with Gasteiger partial charge >= 0.3 is 0 Å². The van der Waals surface area contributed by atoms with E-state index in [0.29, 0.717) is 6.42 Å². The van der Waals surface area contributed by atoms with Crippen molar-refractivity contribution in [2.24, 2.45) is 5.73 Å². The van der Waals surface area contributed by atoms with Crippen LogP contribution in [0.2, 0.25) is 0 Å². The van der Waals surface area contributed by atoms with E-state index in [1.165, 1.54) is 0 Å². The molecular weight excluding hydrogens is 204 g/mol. The molecule has 1 unspecified atom stereocenters. The highest BCUT2D eigenvalue weighted by atomic mass is 16.5. The number of benzene rings is 1. The van der Waals surface area contributed by atoms with Gasteiger partial charge in [0, 0.05) is 12.5 Å². The van der Waals surface area contributed by atoms with Crippen molar-refractivity contribution < 1.29 is 9.53 Å². The maximum Gasteiger partial charge on any atom is 0.219 e. The van der Waals surface area contributed by atoms with Gasteiger partial charge in [0.15, 0.2) is 0 Å². The van der Waals surface area contributed by atoms with Crippen molar-refractivity contribution in [3.63, 3.8) is 0 Å². The van der Waals surface area contributed by atoms with E-state index in [1.807, 2.05) is 31.2 Å². The van der Waals surface area contributed by atoms with Crippen LogP contribution in [0, 0.1) is 0 Å². The molecule has 4 heteroatoms. The third kappa shape index (κ3) is 3.55. The van der Waals surface area contributed by atoms with E-state index in [-0.39, 0.29) is 11.9 Å². The second-order valence-electron chi connectivity index (χ2n) is 3.55. The summed E-state index contributed by atoms with van der Waals surface area (Å²) in [5.74, 6) is 0.500. The van der Waals surface area contributed by atoms with Gasteiger partial charge in [-0.15, -0.1) is 0 Å². The second kappa shape index (κ2) is 6.12. The van der Waals surface area contributed by atoms with Crippen LogP contribution >= 0.6 is 0 Å². The number of ether oxygens (including phenoxy) is 1. The van der Waals surface area contributed by atoms with E-state index in [2.05, 4.69) is 5.32 Å². The normalized spacial score (nSPS) is 12.1. The molecule has 0 spiro atoms. The van der Waals surface area contributed by atoms with Crippen LogP contribution in [0.3, 0.4) is 0 Å². The molecule has 0 radical (unpaired) electrons. The van der Waals surface area contributed by atoms with Crippen molar-refractivity contribution in [3.8, 4) is 5.75 Å². The fourth-order valence-electron chi connectivity index (χ4n) is 1.59. The fourth-order valence-corrected chi connectivity index (χ4v) is 1.59. The van der Waals surface area contributed by atoms with Gasteiger partial charge in [-0.25, -0.2) is 0 Å². The predicted octanol–water partition coefficient (Wildman–Crippen LogP) is 1.22. The van der Waals surface area contributed by atoms with E-state index >= 15 is 0 Å². The quantitative estimate of drug-likeness (QED) is 0.760. The Labute approximate surface area is 95.8 Å². The SMILES string of the molecule is CCNC(CC(N)=O)c1ccc(OC)cc1. The topological polar surface area (TPSA) is 64.3 Å². The number of amides is 1. The highest BCUT2D eigenvalue weighted by Gasteiger charge is 2.12. The molecule has 88 valence electrons. The summed E-state index contributed by atoms with van der Waals surface area (Å²) in [6.07, 6.45) is 0.306. The van der Waals surface area contributed by atoms with Gasteiger partial charge in [-0.05, 0) is 24.2 Å². The number of hydrogen-bond donors (Lipinski definition) is 2. The summed E-state index contributed by atoms with van der Waals surface area (Å²) < 4.78 is 5.08. The smallest absolute Gasteiger partial charge is 0.219 e. The van der Waals surface area contributed by atoms with Crippen LogP contribution in [0.4, 0.5) is 0 Å². The summed E-state index contributed by atoms with van der Waals surface area (Å²) in [5.41, 5.74) is 6.26. The lowest BCUT2D eigenvalue weighted by Crippen LogP contribution is -2.26. The largest absolute Gasteiger partial charge is 0.497 e. The first-order valence-corrected chi connectivity index (χ1v) is 5.33. The van der Waals surface area contributed by atoms with Gasteiger partial charge < -0.3 is 15.8 Å². The minimum Gasteiger partial charge on any atom is -0.497 e. The first-order chi connectivity index (χ1) is 7.67. The zero-order valence-corrected chi connectivity index (χ0v) is 9.69. The number of primary amides is 1. The average Bonchev–Trinajstić information content (AvgIpc) is 2.28. The Kier molecular flexibility index (Phi) is 4.79. The summed E-state index contributed by atoms with van der Waals surface area (Å²) in [6, 6.07) is 7.61. The Morgan fingerprint density at radius 1 is 1.44 bits per heavy atom. The Morgan fingerprint density at radius 3 is 2.50 bits per heavy atom. The van der Waals surface area contributed by atoms with Gasteiger partial charge in [0.25, 0.3) is 0 Å². The molecule has 1 rings (SSSR count). The van der Waals surface area contributed by atoms with Crippen molar-refractivity contribution in [1.29, 1.82) is 0 Å². The Bertz CT molecular complexity index is 335. The van der Waals surface area contributed by atoms with Crippen molar-refractivity contribution in [2.75, 3.05) is 13.7 Å². The number of hydrogen-bond acceptors (Lipinski definition) is 3. The van der Waals surface area contributed by atoms with Crippen LogP contribution < -0.4 is 15.8 Å². The molecule has 1 aromatic rings. The molecule has 0 aliphatic carbocycles. The van der Waals surface area contributed by atoms with Crippen LogP contribution in [0.5, 0.6) is 5.75 Å². The van der Waals surface area contributed by atoms with Crippen LogP contribution in [0.15, 0.2) is 24.3 Å². The minimum atomic E-state index is -0.304. The number of rotatable bonds is 6. The molecule has 0 bridgehead atoms. The maximum absolute atomic E-state index is 10.9. The van der Waals surface area contributed by atoms with Gasteiger partial charge in [-0.2, -0.15) is 0 Å². The van der Waals surface area contributed by atoms with Gasteiger partial charge in [-0.1, -0.05) is 19.1 Å². The summed E-state index contributed by atoms with van der Waals surface area (Å²) in [5, 5.41) is 3.23. The van der Waals surface area contributed by atoms with Crippen molar-refractivity contribution in [2.45, 2.75) is 19.4 Å². The van der Waals surface area contributed by atoms with E-state index in [1.54, 1.807) is 7.11 Å². The zero-order chi connectivity index (χ0) is 12.0. The molecule has 0 aromatic heterocycles. The van der Waals surface area contributed by atoms with Crippen molar-refractivity contribution in [1.82, 2.24) is 5.32 Å². The lowest BCUT2D eigenvalue weighted by atomic mass is 10.0. The maximum atomic E-state index is 10.9. The van der Waals surface area contributed by atoms with E-state index in [0.717, 1.165) is 17.9 Å². The number of nitrogens with two attached hydrogens (primary N) is 1. The molecule has 4 nitrogen and oxygen atoms in total. The number of carbonyl (C=O) groups excluding carboxylic acids is 1. The standard InChI is InChI=1S/C12H18N2O2/c1-3-14-11(8-12(13)15)9-4-6-10(16-2)7-5-9/h4-7,11,14H,3,8H2,1-2H3,(H2,13,15). The Balaban J connectivity index is 2.79. The lowest BCUT2D eigenvalue weighted by Gasteiger charge is -2.16. The molecule has 0 aliphatic rings. The number of carbonyl (C=O) groups is 1. The minimum absolute atomic E-state index is 0.0200. The summed E-state index contributed by atoms with van der Waals surface area (Å²) in [7, 11) is 1.63. The van der Waals surface area contributed by atoms with Crippen molar-refractivity contribution >= 4 is 5.91 Å². The van der Waals surface area contributed by atoms with Crippen LogP contribution in [-0.4, -0.2) is 19.6 Å². The molecule has 0 fully saturated rings. The van der Waals surface area contributed by atoms with Gasteiger partial charge in [0.1, 0.15) is 5.75 Å². The molecule has 3 N–H and O–H groups in total. The molecule has 0 heterocycles. The molecule has 0 saturated carbocycles.